The first-order chi connectivity index (χ1) is 9.56. The van der Waals surface area contributed by atoms with E-state index < -0.39 is 5.97 Å². The Hall–Kier alpha value is -2.82. The van der Waals surface area contributed by atoms with Gasteiger partial charge in [-0.2, -0.15) is 0 Å². The average Bonchev–Trinajstić information content (AvgIpc) is 2.76. The van der Waals surface area contributed by atoms with E-state index in [-0.39, 0.29) is 5.56 Å². The lowest BCUT2D eigenvalue weighted by Gasteiger charge is -2.00. The van der Waals surface area contributed by atoms with Crippen LogP contribution in [0.25, 0.3) is 16.9 Å². The third kappa shape index (κ3) is 1.89. The van der Waals surface area contributed by atoms with Crippen LogP contribution in [0.15, 0.2) is 42.6 Å². The van der Waals surface area contributed by atoms with Crippen molar-refractivity contribution in [3.05, 3.63) is 53.7 Å². The summed E-state index contributed by atoms with van der Waals surface area (Å²) in [6, 6.07) is 10.9. The molecule has 20 heavy (non-hydrogen) atoms. The summed E-state index contributed by atoms with van der Waals surface area (Å²) in [7, 11) is 0. The van der Waals surface area contributed by atoms with E-state index in [2.05, 4.69) is 4.98 Å². The number of rotatable bonds is 2. The molecule has 0 spiro atoms. The van der Waals surface area contributed by atoms with Gasteiger partial charge in [-0.1, -0.05) is 29.8 Å². The molecule has 0 saturated heterocycles. The van der Waals surface area contributed by atoms with Crippen LogP contribution in [0.1, 0.15) is 15.9 Å². The lowest BCUT2D eigenvalue weighted by molar-refractivity contribution is 0.0697. The van der Waals surface area contributed by atoms with Crippen LogP contribution in [0, 0.1) is 6.92 Å². The van der Waals surface area contributed by atoms with Crippen LogP contribution in [-0.2, 0) is 0 Å². The molecule has 3 aromatic rings. The second-order valence-electron chi connectivity index (χ2n) is 4.66. The van der Waals surface area contributed by atoms with E-state index >= 15 is 0 Å². The van der Waals surface area contributed by atoms with Gasteiger partial charge in [0, 0.05) is 11.8 Å². The molecule has 5 nitrogen and oxygen atoms in total. The van der Waals surface area contributed by atoms with E-state index in [4.69, 9.17) is 10.8 Å². The number of aromatic carboxylic acids is 1. The molecular formula is C15H13N3O2. The van der Waals surface area contributed by atoms with E-state index in [0.29, 0.717) is 17.2 Å². The molecule has 0 fully saturated rings. The predicted molar refractivity (Wildman–Crippen MR) is 76.7 cm³/mol. The van der Waals surface area contributed by atoms with Crippen LogP contribution in [0.3, 0.4) is 0 Å². The number of carbonyl (C=O) groups is 1. The summed E-state index contributed by atoms with van der Waals surface area (Å²) < 4.78 is 1.68. The number of carboxylic acids is 1. The molecule has 1 aromatic carbocycles. The molecule has 3 rings (SSSR count). The number of aromatic nitrogens is 2. The zero-order chi connectivity index (χ0) is 14.3. The summed E-state index contributed by atoms with van der Waals surface area (Å²) >= 11 is 0. The van der Waals surface area contributed by atoms with E-state index in [1.54, 1.807) is 10.6 Å². The van der Waals surface area contributed by atoms with Crippen molar-refractivity contribution in [3.8, 4) is 11.3 Å². The zero-order valence-electron chi connectivity index (χ0n) is 10.9. The number of nitrogens with two attached hydrogens (primary N) is 1. The molecule has 5 heteroatoms. The van der Waals surface area contributed by atoms with Crippen LogP contribution in [0.2, 0.25) is 0 Å². The Labute approximate surface area is 115 Å². The Balaban J connectivity index is 2.19. The van der Waals surface area contributed by atoms with Crippen LogP contribution in [0.4, 0.5) is 5.82 Å². The van der Waals surface area contributed by atoms with E-state index in [1.807, 2.05) is 31.2 Å². The van der Waals surface area contributed by atoms with Crippen LogP contribution < -0.4 is 5.73 Å². The number of fused-ring (bicyclic) bond motifs is 1. The number of benzene rings is 1. The van der Waals surface area contributed by atoms with Crippen molar-refractivity contribution in [2.75, 3.05) is 5.73 Å². The Morgan fingerprint density at radius 1 is 1.25 bits per heavy atom. The molecule has 100 valence electrons. The van der Waals surface area contributed by atoms with Crippen LogP contribution in [-0.4, -0.2) is 20.5 Å². The van der Waals surface area contributed by atoms with Gasteiger partial charge in [0.1, 0.15) is 17.2 Å². The van der Waals surface area contributed by atoms with Crippen LogP contribution in [0.5, 0.6) is 0 Å². The van der Waals surface area contributed by atoms with Gasteiger partial charge in [0.2, 0.25) is 0 Å². The maximum Gasteiger partial charge on any atom is 0.335 e. The predicted octanol–water partition coefficient (Wildman–Crippen LogP) is 2.59. The highest BCUT2D eigenvalue weighted by Crippen LogP contribution is 2.26. The molecule has 2 aromatic heterocycles. The fraction of sp³-hybridized carbons (Fsp3) is 0.0667. The summed E-state index contributed by atoms with van der Waals surface area (Å²) in [5.41, 5.74) is 9.53. The van der Waals surface area contributed by atoms with Crippen molar-refractivity contribution in [2.24, 2.45) is 0 Å². The van der Waals surface area contributed by atoms with Crippen LogP contribution >= 0.6 is 0 Å². The minimum atomic E-state index is -0.981. The molecule has 0 bridgehead atoms. The Morgan fingerprint density at radius 2 is 1.95 bits per heavy atom. The number of anilines is 1. The molecule has 0 unspecified atom stereocenters. The molecule has 0 radical (unpaired) electrons. The number of nitrogen functional groups attached to an aromatic ring is 1. The number of hydrogen-bond acceptors (Lipinski definition) is 3. The highest BCUT2D eigenvalue weighted by atomic mass is 16.4. The molecule has 0 atom stereocenters. The minimum absolute atomic E-state index is 0.193. The largest absolute Gasteiger partial charge is 0.478 e. The first kappa shape index (κ1) is 12.2. The molecule has 0 aliphatic carbocycles. The molecule has 0 aliphatic heterocycles. The molecule has 0 aliphatic rings. The standard InChI is InChI=1S/C15H13N3O2/c1-9-2-4-10(5-3-9)13-14(16)18-7-6-11(15(19)20)8-12(18)17-13/h2-8H,16H2,1H3,(H,19,20). The first-order valence-electron chi connectivity index (χ1n) is 6.14. The number of imidazole rings is 1. The monoisotopic (exact) mass is 267 g/mol. The van der Waals surface area contributed by atoms with Gasteiger partial charge in [0.25, 0.3) is 0 Å². The van der Waals surface area contributed by atoms with Gasteiger partial charge >= 0.3 is 5.97 Å². The number of aryl methyl sites for hydroxylation is 1. The summed E-state index contributed by atoms with van der Waals surface area (Å²) in [6.45, 7) is 2.01. The molecule has 2 heterocycles. The smallest absolute Gasteiger partial charge is 0.335 e. The van der Waals surface area contributed by atoms with Crippen molar-refractivity contribution >= 4 is 17.4 Å². The Morgan fingerprint density at radius 3 is 2.60 bits per heavy atom. The fourth-order valence-corrected chi connectivity index (χ4v) is 2.12. The maximum atomic E-state index is 11.0. The second-order valence-corrected chi connectivity index (χ2v) is 4.66. The quantitative estimate of drug-likeness (QED) is 0.747. The maximum absolute atomic E-state index is 11.0. The highest BCUT2D eigenvalue weighted by Gasteiger charge is 2.13. The third-order valence-electron chi connectivity index (χ3n) is 3.24. The number of carboxylic acid groups (broad SMARTS) is 1. The number of hydrogen-bond donors (Lipinski definition) is 2. The molecule has 3 N–H and O–H groups in total. The zero-order valence-corrected chi connectivity index (χ0v) is 10.9. The van der Waals surface area contributed by atoms with Gasteiger partial charge < -0.3 is 10.8 Å². The fourth-order valence-electron chi connectivity index (χ4n) is 2.12. The second kappa shape index (κ2) is 4.38. The topological polar surface area (TPSA) is 80.6 Å². The highest BCUT2D eigenvalue weighted by molar-refractivity contribution is 5.89. The van der Waals surface area contributed by atoms with Gasteiger partial charge in [0.15, 0.2) is 0 Å². The molecular weight excluding hydrogens is 254 g/mol. The van der Waals surface area contributed by atoms with Crippen molar-refractivity contribution < 1.29 is 9.90 Å². The number of pyridine rings is 1. The summed E-state index contributed by atoms with van der Waals surface area (Å²) in [6.07, 6.45) is 1.62. The van der Waals surface area contributed by atoms with Gasteiger partial charge in [-0.3, -0.25) is 4.40 Å². The van der Waals surface area contributed by atoms with Crippen molar-refractivity contribution in [1.29, 1.82) is 0 Å². The molecule has 0 saturated carbocycles. The van der Waals surface area contributed by atoms with Gasteiger partial charge in [0.05, 0.1) is 5.56 Å². The first-order valence-corrected chi connectivity index (χ1v) is 6.14. The summed E-state index contributed by atoms with van der Waals surface area (Å²) in [5.74, 6) is -0.480. The van der Waals surface area contributed by atoms with Crippen molar-refractivity contribution in [1.82, 2.24) is 9.38 Å². The van der Waals surface area contributed by atoms with E-state index in [9.17, 15) is 4.79 Å². The van der Waals surface area contributed by atoms with Gasteiger partial charge in [-0.25, -0.2) is 9.78 Å². The van der Waals surface area contributed by atoms with E-state index in [1.165, 1.54) is 12.1 Å². The van der Waals surface area contributed by atoms with Crippen molar-refractivity contribution in [3.63, 3.8) is 0 Å². The average molecular weight is 267 g/mol. The summed E-state index contributed by atoms with van der Waals surface area (Å²) in [4.78, 5) is 15.4. The number of nitrogens with zero attached hydrogens (tertiary/aromatic N) is 2. The lowest BCUT2D eigenvalue weighted by Crippen LogP contribution is -1.99. The lowest BCUT2D eigenvalue weighted by atomic mass is 10.1. The van der Waals surface area contributed by atoms with Gasteiger partial charge in [-0.15, -0.1) is 0 Å². The Kier molecular flexibility index (Phi) is 2.68. The Bertz CT molecular complexity index is 804. The SMILES string of the molecule is Cc1ccc(-c2nc3cc(C(=O)O)ccn3c2N)cc1. The van der Waals surface area contributed by atoms with Crippen molar-refractivity contribution in [2.45, 2.75) is 6.92 Å². The minimum Gasteiger partial charge on any atom is -0.478 e. The van der Waals surface area contributed by atoms with Gasteiger partial charge in [-0.05, 0) is 19.1 Å². The van der Waals surface area contributed by atoms with E-state index in [0.717, 1.165) is 11.1 Å². The summed E-state index contributed by atoms with van der Waals surface area (Å²) in [5, 5.41) is 9.00. The molecule has 0 amide bonds. The third-order valence-corrected chi connectivity index (χ3v) is 3.24. The normalized spacial score (nSPS) is 10.8.